The SMILES string of the molecule is C=C(Cl)/C=C(\C(=C)Cl)C(=O)c1cccc(S(=O)(=O)OCC(C)C)c1. The van der Waals surface area contributed by atoms with E-state index in [9.17, 15) is 13.2 Å². The monoisotopic (exact) mass is 388 g/mol. The molecule has 0 aliphatic carbocycles. The van der Waals surface area contributed by atoms with E-state index in [1.807, 2.05) is 13.8 Å². The predicted molar refractivity (Wildman–Crippen MR) is 96.8 cm³/mol. The number of hydrogen-bond donors (Lipinski definition) is 0. The Morgan fingerprint density at radius 1 is 1.29 bits per heavy atom. The summed E-state index contributed by atoms with van der Waals surface area (Å²) in [7, 11) is -3.95. The van der Waals surface area contributed by atoms with Gasteiger partial charge < -0.3 is 0 Å². The highest BCUT2D eigenvalue weighted by Gasteiger charge is 2.20. The molecule has 24 heavy (non-hydrogen) atoms. The molecule has 0 bridgehead atoms. The lowest BCUT2D eigenvalue weighted by atomic mass is 10.0. The number of hydrogen-bond acceptors (Lipinski definition) is 4. The van der Waals surface area contributed by atoms with Crippen molar-refractivity contribution in [2.24, 2.45) is 5.92 Å². The quantitative estimate of drug-likeness (QED) is 0.281. The Balaban J connectivity index is 3.23. The lowest BCUT2D eigenvalue weighted by Gasteiger charge is -2.09. The van der Waals surface area contributed by atoms with E-state index in [1.54, 1.807) is 0 Å². The second-order valence-electron chi connectivity index (χ2n) is 5.40. The van der Waals surface area contributed by atoms with E-state index in [4.69, 9.17) is 27.4 Å². The molecule has 0 unspecified atom stereocenters. The largest absolute Gasteiger partial charge is 0.297 e. The first-order valence-corrected chi connectivity index (χ1v) is 9.16. The van der Waals surface area contributed by atoms with Crippen molar-refractivity contribution in [3.63, 3.8) is 0 Å². The first-order chi connectivity index (χ1) is 11.0. The van der Waals surface area contributed by atoms with Crippen molar-refractivity contribution in [3.8, 4) is 0 Å². The van der Waals surface area contributed by atoms with Gasteiger partial charge in [0.25, 0.3) is 10.1 Å². The van der Waals surface area contributed by atoms with Gasteiger partial charge in [0.15, 0.2) is 5.78 Å². The average molecular weight is 389 g/mol. The first-order valence-electron chi connectivity index (χ1n) is 6.99. The molecule has 0 saturated carbocycles. The predicted octanol–water partition coefficient (Wildman–Crippen LogP) is 4.66. The Morgan fingerprint density at radius 2 is 1.92 bits per heavy atom. The summed E-state index contributed by atoms with van der Waals surface area (Å²) in [5, 5.41) is 0.0790. The molecule has 0 spiro atoms. The molecular formula is C17H18Cl2O4S. The van der Waals surface area contributed by atoms with Crippen molar-refractivity contribution in [1.82, 2.24) is 0 Å². The van der Waals surface area contributed by atoms with Crippen molar-refractivity contribution in [3.05, 3.63) is 64.7 Å². The van der Waals surface area contributed by atoms with Crippen molar-refractivity contribution in [2.45, 2.75) is 18.7 Å². The van der Waals surface area contributed by atoms with Crippen molar-refractivity contribution in [1.29, 1.82) is 0 Å². The molecule has 0 N–H and O–H groups in total. The minimum Gasteiger partial charge on any atom is -0.289 e. The summed E-state index contributed by atoms with van der Waals surface area (Å²) >= 11 is 11.5. The Hall–Kier alpha value is -1.40. The first kappa shape index (κ1) is 20.6. The highest BCUT2D eigenvalue weighted by atomic mass is 35.5. The minimum atomic E-state index is -3.95. The fourth-order valence-corrected chi connectivity index (χ4v) is 3.02. The van der Waals surface area contributed by atoms with Crippen LogP contribution < -0.4 is 0 Å². The van der Waals surface area contributed by atoms with Gasteiger partial charge in [0.05, 0.1) is 11.5 Å². The maximum absolute atomic E-state index is 12.5. The molecule has 0 aliphatic rings. The van der Waals surface area contributed by atoms with Gasteiger partial charge in [-0.15, -0.1) is 0 Å². The van der Waals surface area contributed by atoms with E-state index in [-0.39, 0.29) is 38.6 Å². The second-order valence-corrected chi connectivity index (χ2v) is 7.96. The lowest BCUT2D eigenvalue weighted by molar-refractivity contribution is 0.103. The van der Waals surface area contributed by atoms with Gasteiger partial charge in [-0.1, -0.05) is 62.3 Å². The van der Waals surface area contributed by atoms with Gasteiger partial charge in [-0.3, -0.25) is 8.98 Å². The molecule has 0 saturated heterocycles. The van der Waals surface area contributed by atoms with E-state index in [0.29, 0.717) is 0 Å². The van der Waals surface area contributed by atoms with Crippen molar-refractivity contribution in [2.75, 3.05) is 6.61 Å². The van der Waals surface area contributed by atoms with Gasteiger partial charge in [0.2, 0.25) is 0 Å². The number of carbonyl (C=O) groups is 1. The smallest absolute Gasteiger partial charge is 0.289 e. The lowest BCUT2D eigenvalue weighted by Crippen LogP contribution is -2.12. The molecule has 0 aromatic heterocycles. The molecule has 0 fully saturated rings. The highest BCUT2D eigenvalue weighted by Crippen LogP contribution is 2.23. The van der Waals surface area contributed by atoms with Crippen LogP contribution in [0.25, 0.3) is 0 Å². The van der Waals surface area contributed by atoms with E-state index in [2.05, 4.69) is 13.2 Å². The van der Waals surface area contributed by atoms with Crippen LogP contribution >= 0.6 is 23.2 Å². The molecule has 130 valence electrons. The summed E-state index contributed by atoms with van der Waals surface area (Å²) in [5.41, 5.74) is 0.157. The summed E-state index contributed by atoms with van der Waals surface area (Å²) < 4.78 is 29.3. The number of carbonyl (C=O) groups excluding carboxylic acids is 1. The number of benzene rings is 1. The van der Waals surface area contributed by atoms with Gasteiger partial charge in [-0.2, -0.15) is 8.42 Å². The Bertz CT molecular complexity index is 793. The van der Waals surface area contributed by atoms with Crippen LogP contribution in [0.3, 0.4) is 0 Å². The van der Waals surface area contributed by atoms with Crippen molar-refractivity contribution < 1.29 is 17.4 Å². The van der Waals surface area contributed by atoms with Gasteiger partial charge >= 0.3 is 0 Å². The molecule has 1 rings (SSSR count). The summed E-state index contributed by atoms with van der Waals surface area (Å²) in [4.78, 5) is 12.4. The summed E-state index contributed by atoms with van der Waals surface area (Å²) in [6.45, 7) is 10.7. The zero-order chi connectivity index (χ0) is 18.5. The van der Waals surface area contributed by atoms with E-state index < -0.39 is 15.9 Å². The second kappa shape index (κ2) is 8.62. The third-order valence-electron chi connectivity index (χ3n) is 2.78. The number of Topliss-reactive ketones (excluding diaryl/α,β-unsaturated/α-hetero) is 1. The fraction of sp³-hybridized carbons (Fsp3) is 0.235. The van der Waals surface area contributed by atoms with Crippen LogP contribution in [0.5, 0.6) is 0 Å². The highest BCUT2D eigenvalue weighted by molar-refractivity contribution is 7.86. The van der Waals surface area contributed by atoms with Crippen LogP contribution in [-0.2, 0) is 14.3 Å². The molecule has 0 aliphatic heterocycles. The van der Waals surface area contributed by atoms with Crippen LogP contribution in [0.4, 0.5) is 0 Å². The molecule has 1 aromatic rings. The minimum absolute atomic E-state index is 0.0221. The average Bonchev–Trinajstić information content (AvgIpc) is 2.50. The molecular weight excluding hydrogens is 371 g/mol. The third kappa shape index (κ3) is 5.91. The van der Waals surface area contributed by atoms with Crippen LogP contribution in [0.1, 0.15) is 24.2 Å². The Kier molecular flexibility index (Phi) is 7.42. The topological polar surface area (TPSA) is 60.4 Å². The standard InChI is InChI=1S/C17H18Cl2O4S/c1-11(2)10-23-24(21,22)15-7-5-6-14(9-15)17(20)16(13(4)19)8-12(3)18/h5-9,11H,3-4,10H2,1-2H3/b16-8+. The van der Waals surface area contributed by atoms with Gasteiger partial charge in [0.1, 0.15) is 0 Å². The van der Waals surface area contributed by atoms with Gasteiger partial charge in [-0.05, 0) is 24.1 Å². The number of allylic oxidation sites excluding steroid dienone is 4. The fourth-order valence-electron chi connectivity index (χ4n) is 1.67. The molecule has 0 radical (unpaired) electrons. The van der Waals surface area contributed by atoms with Crippen LogP contribution in [0.15, 0.2) is 64.0 Å². The summed E-state index contributed by atoms with van der Waals surface area (Å²) in [6, 6.07) is 5.49. The number of rotatable bonds is 8. The van der Waals surface area contributed by atoms with E-state index in [0.717, 1.165) is 0 Å². The van der Waals surface area contributed by atoms with Crippen LogP contribution in [0.2, 0.25) is 0 Å². The Labute approximate surface area is 152 Å². The van der Waals surface area contributed by atoms with Crippen LogP contribution in [0, 0.1) is 5.92 Å². The zero-order valence-corrected chi connectivity index (χ0v) is 15.7. The summed E-state index contributed by atoms with van der Waals surface area (Å²) in [6.07, 6.45) is 1.27. The number of ketones is 1. The number of halogens is 2. The van der Waals surface area contributed by atoms with Crippen molar-refractivity contribution >= 4 is 39.1 Å². The Morgan fingerprint density at radius 3 is 2.42 bits per heavy atom. The third-order valence-corrected chi connectivity index (χ3v) is 4.37. The molecule has 0 heterocycles. The van der Waals surface area contributed by atoms with Gasteiger partial charge in [0, 0.05) is 21.2 Å². The van der Waals surface area contributed by atoms with E-state index in [1.165, 1.54) is 30.3 Å². The van der Waals surface area contributed by atoms with Gasteiger partial charge in [-0.25, -0.2) is 0 Å². The molecule has 4 nitrogen and oxygen atoms in total. The molecule has 0 amide bonds. The van der Waals surface area contributed by atoms with E-state index >= 15 is 0 Å². The molecule has 7 heteroatoms. The molecule has 1 aromatic carbocycles. The maximum Gasteiger partial charge on any atom is 0.297 e. The normalized spacial score (nSPS) is 12.3. The maximum atomic E-state index is 12.5. The summed E-state index contributed by atoms with van der Waals surface area (Å²) in [5.74, 6) is -0.467. The van der Waals surface area contributed by atoms with Crippen LogP contribution in [-0.4, -0.2) is 20.8 Å². The molecule has 0 atom stereocenters. The zero-order valence-electron chi connectivity index (χ0n) is 13.4.